The number of hydrogen-bond acceptors (Lipinski definition) is 3. The van der Waals surface area contributed by atoms with Crippen LogP contribution in [0.5, 0.6) is 0 Å². The fourth-order valence-corrected chi connectivity index (χ4v) is 1.92. The number of carbonyl (C=O) groups is 1. The predicted octanol–water partition coefficient (Wildman–Crippen LogP) is 1.84. The van der Waals surface area contributed by atoms with Crippen LogP contribution >= 0.6 is 15.9 Å². The van der Waals surface area contributed by atoms with Gasteiger partial charge in [-0.2, -0.15) is 0 Å². The first-order valence-electron chi connectivity index (χ1n) is 5.31. The minimum absolute atomic E-state index is 0.145. The molecule has 2 N–H and O–H groups in total. The molecule has 1 aliphatic rings. The summed E-state index contributed by atoms with van der Waals surface area (Å²) in [7, 11) is 0. The molecule has 5 heteroatoms. The molecule has 1 aromatic rings. The van der Waals surface area contributed by atoms with Crippen LogP contribution in [-0.4, -0.2) is 23.5 Å². The Bertz CT molecular complexity index is 408. The highest BCUT2D eigenvalue weighted by atomic mass is 79.9. The molecule has 1 unspecified atom stereocenters. The number of rotatable bonds is 3. The summed E-state index contributed by atoms with van der Waals surface area (Å²) in [5.41, 5.74) is 0.959. The maximum absolute atomic E-state index is 11.0. The smallest absolute Gasteiger partial charge is 0.220 e. The van der Waals surface area contributed by atoms with Crippen LogP contribution in [0.4, 0.5) is 5.82 Å². The van der Waals surface area contributed by atoms with Gasteiger partial charge >= 0.3 is 0 Å². The second kappa shape index (κ2) is 4.82. The van der Waals surface area contributed by atoms with Crippen LogP contribution in [-0.2, 0) is 4.79 Å². The van der Waals surface area contributed by atoms with Gasteiger partial charge in [-0.05, 0) is 41.4 Å². The molecule has 0 bridgehead atoms. The van der Waals surface area contributed by atoms with Gasteiger partial charge in [-0.3, -0.25) is 4.79 Å². The van der Waals surface area contributed by atoms with Crippen molar-refractivity contribution < 1.29 is 4.79 Å². The highest BCUT2D eigenvalue weighted by molar-refractivity contribution is 9.10. The summed E-state index contributed by atoms with van der Waals surface area (Å²) in [5.74, 6) is 0.994. The van der Waals surface area contributed by atoms with Crippen molar-refractivity contribution in [2.75, 3.05) is 11.9 Å². The van der Waals surface area contributed by atoms with E-state index >= 15 is 0 Å². The maximum atomic E-state index is 11.0. The van der Waals surface area contributed by atoms with Gasteiger partial charge < -0.3 is 10.6 Å². The summed E-state index contributed by atoms with van der Waals surface area (Å²) in [6.45, 7) is 2.69. The Hall–Kier alpha value is -1.10. The molecular formula is C11H14BrN3O. The quantitative estimate of drug-likeness (QED) is 0.890. The molecule has 4 nitrogen and oxygen atoms in total. The van der Waals surface area contributed by atoms with E-state index in [9.17, 15) is 4.79 Å². The van der Waals surface area contributed by atoms with E-state index in [1.54, 1.807) is 0 Å². The van der Waals surface area contributed by atoms with Crippen LogP contribution in [0.15, 0.2) is 16.6 Å². The minimum atomic E-state index is 0.145. The molecule has 0 spiro atoms. The summed E-state index contributed by atoms with van der Waals surface area (Å²) < 4.78 is 1.01. The molecule has 1 aliphatic heterocycles. The largest absolute Gasteiger partial charge is 0.368 e. The van der Waals surface area contributed by atoms with Crippen LogP contribution in [0.25, 0.3) is 0 Å². The number of aryl methyl sites for hydroxylation is 1. The molecule has 1 atom stereocenters. The predicted molar refractivity (Wildman–Crippen MR) is 66.3 cm³/mol. The van der Waals surface area contributed by atoms with Crippen molar-refractivity contribution in [1.82, 2.24) is 10.3 Å². The number of aromatic nitrogens is 1. The van der Waals surface area contributed by atoms with E-state index in [2.05, 4.69) is 31.5 Å². The second-order valence-electron chi connectivity index (χ2n) is 3.95. The van der Waals surface area contributed by atoms with Gasteiger partial charge in [-0.1, -0.05) is 0 Å². The number of hydrogen-bond donors (Lipinski definition) is 2. The Labute approximate surface area is 103 Å². The zero-order valence-electron chi connectivity index (χ0n) is 9.09. The monoisotopic (exact) mass is 283 g/mol. The number of pyridine rings is 1. The van der Waals surface area contributed by atoms with Crippen LogP contribution in [0, 0.1) is 6.92 Å². The first kappa shape index (κ1) is 11.4. The summed E-state index contributed by atoms with van der Waals surface area (Å²) >= 11 is 3.41. The molecular weight excluding hydrogens is 270 g/mol. The lowest BCUT2D eigenvalue weighted by molar-refractivity contribution is -0.119. The van der Waals surface area contributed by atoms with Crippen molar-refractivity contribution in [3.63, 3.8) is 0 Å². The van der Waals surface area contributed by atoms with E-state index in [-0.39, 0.29) is 11.9 Å². The van der Waals surface area contributed by atoms with Gasteiger partial charge in [-0.15, -0.1) is 0 Å². The summed E-state index contributed by atoms with van der Waals surface area (Å²) in [6, 6.07) is 4.13. The molecule has 1 aromatic heterocycles. The van der Waals surface area contributed by atoms with E-state index in [4.69, 9.17) is 0 Å². The van der Waals surface area contributed by atoms with Gasteiger partial charge in [0, 0.05) is 23.5 Å². The van der Waals surface area contributed by atoms with Crippen molar-refractivity contribution in [2.24, 2.45) is 0 Å². The van der Waals surface area contributed by atoms with Crippen molar-refractivity contribution in [1.29, 1.82) is 0 Å². The van der Waals surface area contributed by atoms with Crippen LogP contribution in [0.3, 0.4) is 0 Å². The summed E-state index contributed by atoms with van der Waals surface area (Å²) in [5, 5.41) is 6.14. The van der Waals surface area contributed by atoms with Crippen molar-refractivity contribution >= 4 is 27.7 Å². The lowest BCUT2D eigenvalue weighted by Gasteiger charge is -2.12. The Kier molecular flexibility index (Phi) is 3.43. The minimum Gasteiger partial charge on any atom is -0.368 e. The van der Waals surface area contributed by atoms with Crippen LogP contribution < -0.4 is 10.6 Å². The van der Waals surface area contributed by atoms with E-state index in [1.807, 2.05) is 19.1 Å². The average Bonchev–Trinajstić information content (AvgIpc) is 2.66. The van der Waals surface area contributed by atoms with E-state index in [0.29, 0.717) is 6.42 Å². The van der Waals surface area contributed by atoms with E-state index in [1.165, 1.54) is 0 Å². The standard InChI is InChI=1S/C11H14BrN3O/c1-7-9(12)3-4-10(14-7)13-6-8-2-5-11(16)15-8/h3-4,8H,2,5-6H2,1H3,(H,13,14)(H,15,16). The van der Waals surface area contributed by atoms with Gasteiger partial charge in [0.25, 0.3) is 0 Å². The van der Waals surface area contributed by atoms with Crippen LogP contribution in [0.1, 0.15) is 18.5 Å². The maximum Gasteiger partial charge on any atom is 0.220 e. The second-order valence-corrected chi connectivity index (χ2v) is 4.80. The summed E-state index contributed by atoms with van der Waals surface area (Å²) in [4.78, 5) is 15.4. The molecule has 0 saturated carbocycles. The summed E-state index contributed by atoms with van der Waals surface area (Å²) in [6.07, 6.45) is 1.54. The van der Waals surface area contributed by atoms with E-state index < -0.39 is 0 Å². The van der Waals surface area contributed by atoms with Crippen molar-refractivity contribution in [2.45, 2.75) is 25.8 Å². The van der Waals surface area contributed by atoms with Gasteiger partial charge in [0.1, 0.15) is 5.82 Å². The molecule has 2 rings (SSSR count). The van der Waals surface area contributed by atoms with Gasteiger partial charge in [0.2, 0.25) is 5.91 Å². The zero-order valence-corrected chi connectivity index (χ0v) is 10.7. The molecule has 16 heavy (non-hydrogen) atoms. The Morgan fingerprint density at radius 2 is 2.44 bits per heavy atom. The number of halogens is 1. The fraction of sp³-hybridized carbons (Fsp3) is 0.455. The molecule has 2 heterocycles. The van der Waals surface area contributed by atoms with Crippen LogP contribution in [0.2, 0.25) is 0 Å². The molecule has 0 radical (unpaired) electrons. The number of anilines is 1. The zero-order chi connectivity index (χ0) is 11.5. The third kappa shape index (κ3) is 2.72. The van der Waals surface area contributed by atoms with Gasteiger partial charge in [-0.25, -0.2) is 4.98 Å². The Balaban J connectivity index is 1.89. The molecule has 1 fully saturated rings. The lowest BCUT2D eigenvalue weighted by Crippen LogP contribution is -2.32. The Morgan fingerprint density at radius 1 is 1.62 bits per heavy atom. The highest BCUT2D eigenvalue weighted by Gasteiger charge is 2.20. The number of amides is 1. The van der Waals surface area contributed by atoms with Crippen molar-refractivity contribution in [3.05, 3.63) is 22.3 Å². The first-order chi connectivity index (χ1) is 7.65. The Morgan fingerprint density at radius 3 is 3.06 bits per heavy atom. The third-order valence-corrected chi connectivity index (χ3v) is 3.47. The first-order valence-corrected chi connectivity index (χ1v) is 6.11. The van der Waals surface area contributed by atoms with Gasteiger partial charge in [0.15, 0.2) is 0 Å². The number of nitrogens with one attached hydrogen (secondary N) is 2. The SMILES string of the molecule is Cc1nc(NCC2CCC(=O)N2)ccc1Br. The molecule has 1 saturated heterocycles. The van der Waals surface area contributed by atoms with E-state index in [0.717, 1.165) is 29.0 Å². The topological polar surface area (TPSA) is 54.0 Å². The number of nitrogens with zero attached hydrogens (tertiary/aromatic N) is 1. The van der Waals surface area contributed by atoms with Crippen molar-refractivity contribution in [3.8, 4) is 0 Å². The average molecular weight is 284 g/mol. The number of carbonyl (C=O) groups excluding carboxylic acids is 1. The fourth-order valence-electron chi connectivity index (χ4n) is 1.70. The van der Waals surface area contributed by atoms with Gasteiger partial charge in [0.05, 0.1) is 5.69 Å². The normalized spacial score (nSPS) is 19.6. The molecule has 1 amide bonds. The highest BCUT2D eigenvalue weighted by Crippen LogP contribution is 2.16. The third-order valence-electron chi connectivity index (χ3n) is 2.64. The lowest BCUT2D eigenvalue weighted by atomic mass is 10.2. The molecule has 86 valence electrons. The molecule has 0 aliphatic carbocycles. The molecule has 0 aromatic carbocycles.